The lowest BCUT2D eigenvalue weighted by atomic mass is 10.1. The van der Waals surface area contributed by atoms with E-state index >= 15 is 0 Å². The van der Waals surface area contributed by atoms with Crippen LogP contribution in [0, 0.1) is 5.82 Å². The lowest BCUT2D eigenvalue weighted by molar-refractivity contribution is 0.101. The zero-order valence-electron chi connectivity index (χ0n) is 11.4. The van der Waals surface area contributed by atoms with E-state index in [4.69, 9.17) is 4.74 Å². The molecule has 0 bridgehead atoms. The van der Waals surface area contributed by atoms with Crippen LogP contribution in [0.5, 0.6) is 0 Å². The van der Waals surface area contributed by atoms with Crippen LogP contribution in [-0.2, 0) is 11.3 Å². The number of nitrogens with one attached hydrogen (secondary N) is 1. The molecule has 0 aliphatic rings. The minimum Gasteiger partial charge on any atom is -0.444 e. The highest BCUT2D eigenvalue weighted by Gasteiger charge is 2.10. The Balaban J connectivity index is 1.99. The zero-order chi connectivity index (χ0) is 15.2. The number of halogens is 1. The number of rotatable bonds is 4. The van der Waals surface area contributed by atoms with Gasteiger partial charge in [0.15, 0.2) is 5.78 Å². The summed E-state index contributed by atoms with van der Waals surface area (Å²) >= 11 is 0. The van der Waals surface area contributed by atoms with Crippen LogP contribution in [0.15, 0.2) is 48.5 Å². The fraction of sp³-hybridized carbons (Fsp3) is 0.125. The van der Waals surface area contributed by atoms with Crippen LogP contribution in [0.4, 0.5) is 14.9 Å². The summed E-state index contributed by atoms with van der Waals surface area (Å²) in [5.41, 5.74) is 1.06. The van der Waals surface area contributed by atoms with Gasteiger partial charge in [-0.1, -0.05) is 30.3 Å². The van der Waals surface area contributed by atoms with E-state index < -0.39 is 11.9 Å². The fourth-order valence-corrected chi connectivity index (χ4v) is 1.71. The second kappa shape index (κ2) is 6.65. The molecule has 0 spiro atoms. The largest absolute Gasteiger partial charge is 0.444 e. The molecule has 5 heteroatoms. The van der Waals surface area contributed by atoms with Crippen LogP contribution in [0.3, 0.4) is 0 Å². The van der Waals surface area contributed by atoms with Crippen molar-refractivity contribution >= 4 is 17.6 Å². The van der Waals surface area contributed by atoms with E-state index in [0.29, 0.717) is 5.56 Å². The van der Waals surface area contributed by atoms with E-state index in [1.54, 1.807) is 0 Å². The Morgan fingerprint density at radius 3 is 2.52 bits per heavy atom. The second-order valence-corrected chi connectivity index (χ2v) is 4.44. The Kier molecular flexibility index (Phi) is 4.66. The lowest BCUT2D eigenvalue weighted by Crippen LogP contribution is -2.15. The first-order valence-electron chi connectivity index (χ1n) is 6.34. The van der Waals surface area contributed by atoms with Crippen LogP contribution >= 0.6 is 0 Å². The summed E-state index contributed by atoms with van der Waals surface area (Å²) in [4.78, 5) is 22.9. The van der Waals surface area contributed by atoms with Crippen molar-refractivity contribution in [2.45, 2.75) is 13.5 Å². The minimum absolute atomic E-state index is 0.0826. The molecule has 0 aromatic heterocycles. The molecule has 2 rings (SSSR count). The molecule has 0 radical (unpaired) electrons. The van der Waals surface area contributed by atoms with Crippen molar-refractivity contribution in [3.63, 3.8) is 0 Å². The quantitative estimate of drug-likeness (QED) is 0.871. The molecule has 0 unspecified atom stereocenters. The first kappa shape index (κ1) is 14.7. The minimum atomic E-state index is -0.779. The summed E-state index contributed by atoms with van der Waals surface area (Å²) in [6.45, 7) is 1.45. The van der Waals surface area contributed by atoms with Gasteiger partial charge in [-0.15, -0.1) is 0 Å². The van der Waals surface area contributed by atoms with Gasteiger partial charge in [0, 0.05) is 5.56 Å². The number of carbonyl (C=O) groups is 2. The molecule has 0 fully saturated rings. The molecule has 0 saturated carbocycles. The topological polar surface area (TPSA) is 55.4 Å². The van der Waals surface area contributed by atoms with Crippen molar-refractivity contribution in [2.75, 3.05) is 5.32 Å². The zero-order valence-corrected chi connectivity index (χ0v) is 11.4. The molecule has 0 aliphatic heterocycles. The molecule has 4 nitrogen and oxygen atoms in total. The number of hydrogen-bond donors (Lipinski definition) is 1. The summed E-state index contributed by atoms with van der Waals surface area (Å²) < 4.78 is 18.6. The number of amides is 1. The predicted octanol–water partition coefficient (Wildman–Crippen LogP) is 3.78. The van der Waals surface area contributed by atoms with Crippen molar-refractivity contribution in [2.24, 2.45) is 0 Å². The number of hydrogen-bond acceptors (Lipinski definition) is 3. The van der Waals surface area contributed by atoms with Gasteiger partial charge in [0.2, 0.25) is 0 Å². The second-order valence-electron chi connectivity index (χ2n) is 4.44. The fourth-order valence-electron chi connectivity index (χ4n) is 1.71. The molecule has 2 aromatic rings. The van der Waals surface area contributed by atoms with Gasteiger partial charge >= 0.3 is 6.09 Å². The molecule has 0 heterocycles. The molecule has 2 aromatic carbocycles. The van der Waals surface area contributed by atoms with E-state index in [1.807, 2.05) is 30.3 Å². The highest BCUT2D eigenvalue weighted by Crippen LogP contribution is 2.17. The predicted molar refractivity (Wildman–Crippen MR) is 76.7 cm³/mol. The number of carbonyl (C=O) groups excluding carboxylic acids is 2. The summed E-state index contributed by atoms with van der Waals surface area (Å²) in [6.07, 6.45) is -0.779. The highest BCUT2D eigenvalue weighted by molar-refractivity contribution is 5.96. The maximum atomic E-state index is 13.6. The highest BCUT2D eigenvalue weighted by atomic mass is 19.1. The van der Waals surface area contributed by atoms with Crippen LogP contribution in [0.25, 0.3) is 0 Å². The smallest absolute Gasteiger partial charge is 0.412 e. The molecule has 0 saturated heterocycles. The summed E-state index contributed by atoms with van der Waals surface area (Å²) in [5, 5.41) is 2.29. The molecule has 0 atom stereocenters. The van der Waals surface area contributed by atoms with Gasteiger partial charge in [-0.3, -0.25) is 10.1 Å². The van der Waals surface area contributed by atoms with E-state index in [1.165, 1.54) is 19.1 Å². The lowest BCUT2D eigenvalue weighted by Gasteiger charge is -2.08. The van der Waals surface area contributed by atoms with Gasteiger partial charge in [-0.25, -0.2) is 9.18 Å². The molecule has 1 amide bonds. The SMILES string of the molecule is CC(=O)c1ccc(F)c(NC(=O)OCc2ccccc2)c1. The Labute approximate surface area is 121 Å². The van der Waals surface area contributed by atoms with E-state index in [9.17, 15) is 14.0 Å². The van der Waals surface area contributed by atoms with Crippen molar-refractivity contribution < 1.29 is 18.7 Å². The standard InChI is InChI=1S/C16H14FNO3/c1-11(19)13-7-8-14(17)15(9-13)18-16(20)21-10-12-5-3-2-4-6-12/h2-9H,10H2,1H3,(H,18,20). The van der Waals surface area contributed by atoms with Gasteiger partial charge in [-0.05, 0) is 30.7 Å². The maximum absolute atomic E-state index is 13.6. The molecular formula is C16H14FNO3. The maximum Gasteiger partial charge on any atom is 0.412 e. The Bertz CT molecular complexity index is 656. The van der Waals surface area contributed by atoms with Crippen molar-refractivity contribution in [1.82, 2.24) is 0 Å². The number of ether oxygens (including phenoxy) is 1. The van der Waals surface area contributed by atoms with Gasteiger partial charge in [0.05, 0.1) is 5.69 Å². The number of Topliss-reactive ketones (excluding diaryl/α,β-unsaturated/α-hetero) is 1. The summed E-state index contributed by atoms with van der Waals surface area (Å²) in [7, 11) is 0. The van der Waals surface area contributed by atoms with Crippen LogP contribution < -0.4 is 5.32 Å². The molecular weight excluding hydrogens is 273 g/mol. The van der Waals surface area contributed by atoms with E-state index in [-0.39, 0.29) is 18.1 Å². The monoisotopic (exact) mass is 287 g/mol. The van der Waals surface area contributed by atoms with Crippen LogP contribution in [0.1, 0.15) is 22.8 Å². The van der Waals surface area contributed by atoms with E-state index in [2.05, 4.69) is 5.32 Å². The third kappa shape index (κ3) is 4.14. The summed E-state index contributed by atoms with van der Waals surface area (Å²) in [6, 6.07) is 12.9. The average Bonchev–Trinajstić information content (AvgIpc) is 2.48. The molecule has 0 aliphatic carbocycles. The van der Waals surface area contributed by atoms with Gasteiger partial charge < -0.3 is 4.74 Å². The summed E-state index contributed by atoms with van der Waals surface area (Å²) in [5.74, 6) is -0.840. The first-order chi connectivity index (χ1) is 10.1. The first-order valence-corrected chi connectivity index (χ1v) is 6.34. The van der Waals surface area contributed by atoms with Crippen molar-refractivity contribution in [3.05, 3.63) is 65.5 Å². The van der Waals surface area contributed by atoms with E-state index in [0.717, 1.165) is 11.6 Å². The average molecular weight is 287 g/mol. The molecule has 108 valence electrons. The van der Waals surface area contributed by atoms with Crippen LogP contribution in [-0.4, -0.2) is 11.9 Å². The third-order valence-electron chi connectivity index (χ3n) is 2.82. The normalized spacial score (nSPS) is 10.0. The Morgan fingerprint density at radius 2 is 1.86 bits per heavy atom. The van der Waals surface area contributed by atoms with Gasteiger partial charge in [-0.2, -0.15) is 0 Å². The Hall–Kier alpha value is -2.69. The molecule has 1 N–H and O–H groups in total. The van der Waals surface area contributed by atoms with Crippen molar-refractivity contribution in [3.8, 4) is 0 Å². The molecule has 21 heavy (non-hydrogen) atoms. The van der Waals surface area contributed by atoms with Crippen molar-refractivity contribution in [1.29, 1.82) is 0 Å². The van der Waals surface area contributed by atoms with Gasteiger partial charge in [0.1, 0.15) is 12.4 Å². The number of anilines is 1. The number of benzene rings is 2. The Morgan fingerprint density at radius 1 is 1.14 bits per heavy atom. The van der Waals surface area contributed by atoms with Crippen LogP contribution in [0.2, 0.25) is 0 Å². The van der Waals surface area contributed by atoms with Gasteiger partial charge in [0.25, 0.3) is 0 Å². The number of ketones is 1. The third-order valence-corrected chi connectivity index (χ3v) is 2.82.